The van der Waals surface area contributed by atoms with Crippen molar-refractivity contribution in [3.63, 3.8) is 0 Å². The average Bonchev–Trinajstić information content (AvgIpc) is 2.52. The molecular weight excluding hydrogens is 236 g/mol. The number of carbonyl (C=O) groups is 1. The number of nitrogens with two attached hydrogens (primary N) is 1. The van der Waals surface area contributed by atoms with E-state index in [9.17, 15) is 4.79 Å². The second kappa shape index (κ2) is 5.52. The minimum atomic E-state index is -0.0764. The third kappa shape index (κ3) is 2.79. The molecule has 1 heterocycles. The molecule has 1 aromatic rings. The van der Waals surface area contributed by atoms with Gasteiger partial charge in [0.15, 0.2) is 0 Å². The molecule has 94 valence electrons. The predicted molar refractivity (Wildman–Crippen MR) is 72.6 cm³/mol. The largest absolute Gasteiger partial charge is 0.327 e. The van der Waals surface area contributed by atoms with E-state index in [2.05, 4.69) is 13.0 Å². The van der Waals surface area contributed by atoms with Crippen molar-refractivity contribution in [1.29, 1.82) is 0 Å². The number of nitrogens with zero attached hydrogens (tertiary/aromatic N) is 1. The fourth-order valence-corrected chi connectivity index (χ4v) is 2.32. The van der Waals surface area contributed by atoms with Gasteiger partial charge in [0.25, 0.3) is 0 Å². The highest BCUT2D eigenvalue weighted by Crippen LogP contribution is 2.32. The molecule has 0 radical (unpaired) electrons. The maximum atomic E-state index is 12.1. The zero-order chi connectivity index (χ0) is 11.7. The van der Waals surface area contributed by atoms with Gasteiger partial charge in [-0.25, -0.2) is 0 Å². The Hall–Kier alpha value is -1.06. The number of para-hydroxylation sites is 1. The minimum absolute atomic E-state index is 0. The molecule has 2 N–H and O–H groups in total. The lowest BCUT2D eigenvalue weighted by atomic mass is 10.1. The molecule has 2 rings (SSSR count). The molecular formula is C13H19ClN2O. The molecule has 0 saturated carbocycles. The van der Waals surface area contributed by atoms with Gasteiger partial charge < -0.3 is 10.6 Å². The molecule has 0 spiro atoms. The fourth-order valence-electron chi connectivity index (χ4n) is 2.32. The SMILES string of the molecule is CC(N)CC(=O)N1c2ccccc2CC1C.Cl. The van der Waals surface area contributed by atoms with Crippen LogP contribution in [0.4, 0.5) is 5.69 Å². The van der Waals surface area contributed by atoms with Crippen molar-refractivity contribution in [3.05, 3.63) is 29.8 Å². The monoisotopic (exact) mass is 254 g/mol. The van der Waals surface area contributed by atoms with Crippen molar-refractivity contribution in [2.75, 3.05) is 4.90 Å². The van der Waals surface area contributed by atoms with Gasteiger partial charge in [-0.3, -0.25) is 4.79 Å². The Morgan fingerprint density at radius 2 is 2.18 bits per heavy atom. The molecule has 0 bridgehead atoms. The molecule has 1 aliphatic rings. The van der Waals surface area contributed by atoms with E-state index in [1.54, 1.807) is 0 Å². The molecule has 0 aliphatic carbocycles. The van der Waals surface area contributed by atoms with E-state index in [-0.39, 0.29) is 30.4 Å². The summed E-state index contributed by atoms with van der Waals surface area (Å²) in [6.07, 6.45) is 1.36. The summed E-state index contributed by atoms with van der Waals surface area (Å²) in [6, 6.07) is 8.27. The van der Waals surface area contributed by atoms with Gasteiger partial charge in [-0.05, 0) is 31.9 Å². The zero-order valence-corrected chi connectivity index (χ0v) is 11.0. The predicted octanol–water partition coefficient (Wildman–Crippen LogP) is 2.12. The van der Waals surface area contributed by atoms with Gasteiger partial charge >= 0.3 is 0 Å². The van der Waals surface area contributed by atoms with Crippen LogP contribution in [0.3, 0.4) is 0 Å². The molecule has 0 fully saturated rings. The van der Waals surface area contributed by atoms with E-state index >= 15 is 0 Å². The molecule has 3 nitrogen and oxygen atoms in total. The first-order chi connectivity index (χ1) is 7.59. The standard InChI is InChI=1S/C13H18N2O.ClH/c1-9(14)7-13(16)15-10(2)8-11-5-3-4-6-12(11)15;/h3-6,9-10H,7-8,14H2,1-2H3;1H. The summed E-state index contributed by atoms with van der Waals surface area (Å²) in [7, 11) is 0. The topological polar surface area (TPSA) is 46.3 Å². The number of hydrogen-bond acceptors (Lipinski definition) is 2. The van der Waals surface area contributed by atoms with Crippen LogP contribution >= 0.6 is 12.4 Å². The molecule has 17 heavy (non-hydrogen) atoms. The van der Waals surface area contributed by atoms with E-state index < -0.39 is 0 Å². The lowest BCUT2D eigenvalue weighted by Crippen LogP contribution is -2.38. The van der Waals surface area contributed by atoms with Crippen LogP contribution in [-0.4, -0.2) is 18.0 Å². The Morgan fingerprint density at radius 1 is 1.53 bits per heavy atom. The quantitative estimate of drug-likeness (QED) is 0.879. The first kappa shape index (κ1) is 14.0. The molecule has 0 aromatic heterocycles. The number of rotatable bonds is 2. The molecule has 0 saturated heterocycles. The van der Waals surface area contributed by atoms with Crippen molar-refractivity contribution in [2.24, 2.45) is 5.73 Å². The van der Waals surface area contributed by atoms with Crippen LogP contribution < -0.4 is 10.6 Å². The Morgan fingerprint density at radius 3 is 2.82 bits per heavy atom. The molecule has 1 aliphatic heterocycles. The normalized spacial score (nSPS) is 19.5. The summed E-state index contributed by atoms with van der Waals surface area (Å²) in [5.74, 6) is 0.132. The maximum absolute atomic E-state index is 12.1. The summed E-state index contributed by atoms with van der Waals surface area (Å²) in [5.41, 5.74) is 7.99. The Labute approximate surface area is 108 Å². The number of hydrogen-bond donors (Lipinski definition) is 1. The second-order valence-electron chi connectivity index (χ2n) is 4.63. The van der Waals surface area contributed by atoms with Gasteiger partial charge in [0.2, 0.25) is 5.91 Å². The maximum Gasteiger partial charge on any atom is 0.228 e. The third-order valence-corrected chi connectivity index (χ3v) is 2.97. The summed E-state index contributed by atoms with van der Waals surface area (Å²) in [5, 5.41) is 0. The zero-order valence-electron chi connectivity index (χ0n) is 10.2. The van der Waals surface area contributed by atoms with E-state index in [1.807, 2.05) is 30.0 Å². The van der Waals surface area contributed by atoms with Gasteiger partial charge in [0, 0.05) is 24.2 Å². The first-order valence-electron chi connectivity index (χ1n) is 5.75. The van der Waals surface area contributed by atoms with Crippen LogP contribution in [-0.2, 0) is 11.2 Å². The van der Waals surface area contributed by atoms with Crippen LogP contribution in [0.25, 0.3) is 0 Å². The highest BCUT2D eigenvalue weighted by atomic mass is 35.5. The number of benzene rings is 1. The van der Waals surface area contributed by atoms with Gasteiger partial charge in [-0.15, -0.1) is 12.4 Å². The van der Waals surface area contributed by atoms with Gasteiger partial charge in [-0.2, -0.15) is 0 Å². The highest BCUT2D eigenvalue weighted by molar-refractivity contribution is 5.96. The van der Waals surface area contributed by atoms with E-state index in [0.717, 1.165) is 12.1 Å². The Kier molecular flexibility index (Phi) is 4.54. The Balaban J connectivity index is 0.00000144. The number of halogens is 1. The van der Waals surface area contributed by atoms with Crippen molar-refractivity contribution in [3.8, 4) is 0 Å². The van der Waals surface area contributed by atoms with Crippen molar-refractivity contribution in [1.82, 2.24) is 0 Å². The van der Waals surface area contributed by atoms with Crippen LogP contribution in [0, 0.1) is 0 Å². The van der Waals surface area contributed by atoms with Crippen LogP contribution in [0.15, 0.2) is 24.3 Å². The summed E-state index contributed by atoms with van der Waals surface area (Å²) in [6.45, 7) is 3.95. The average molecular weight is 255 g/mol. The summed E-state index contributed by atoms with van der Waals surface area (Å²) < 4.78 is 0. The summed E-state index contributed by atoms with van der Waals surface area (Å²) >= 11 is 0. The van der Waals surface area contributed by atoms with Crippen LogP contribution in [0.5, 0.6) is 0 Å². The van der Waals surface area contributed by atoms with Gasteiger partial charge in [0.05, 0.1) is 0 Å². The van der Waals surface area contributed by atoms with Crippen molar-refractivity contribution in [2.45, 2.75) is 38.8 Å². The Bertz CT molecular complexity index is 406. The highest BCUT2D eigenvalue weighted by Gasteiger charge is 2.30. The molecule has 1 aromatic carbocycles. The minimum Gasteiger partial charge on any atom is -0.327 e. The van der Waals surface area contributed by atoms with Gasteiger partial charge in [0.1, 0.15) is 0 Å². The molecule has 2 atom stereocenters. The number of carbonyl (C=O) groups excluding carboxylic acids is 1. The third-order valence-electron chi connectivity index (χ3n) is 2.97. The first-order valence-corrected chi connectivity index (χ1v) is 5.75. The summed E-state index contributed by atoms with van der Waals surface area (Å²) in [4.78, 5) is 14.0. The number of amides is 1. The van der Waals surface area contributed by atoms with E-state index in [4.69, 9.17) is 5.73 Å². The van der Waals surface area contributed by atoms with E-state index in [1.165, 1.54) is 5.56 Å². The van der Waals surface area contributed by atoms with Crippen LogP contribution in [0.2, 0.25) is 0 Å². The molecule has 1 amide bonds. The fraction of sp³-hybridized carbons (Fsp3) is 0.462. The van der Waals surface area contributed by atoms with Crippen molar-refractivity contribution < 1.29 is 4.79 Å². The lowest BCUT2D eigenvalue weighted by Gasteiger charge is -2.23. The van der Waals surface area contributed by atoms with Crippen molar-refractivity contribution >= 4 is 24.0 Å². The lowest BCUT2D eigenvalue weighted by molar-refractivity contribution is -0.119. The number of fused-ring (bicyclic) bond motifs is 1. The molecule has 2 unspecified atom stereocenters. The second-order valence-corrected chi connectivity index (χ2v) is 4.63. The number of anilines is 1. The van der Waals surface area contributed by atoms with E-state index in [0.29, 0.717) is 6.42 Å². The van der Waals surface area contributed by atoms with Crippen LogP contribution in [0.1, 0.15) is 25.8 Å². The van der Waals surface area contributed by atoms with Gasteiger partial charge in [-0.1, -0.05) is 18.2 Å². The smallest absolute Gasteiger partial charge is 0.228 e. The molecule has 4 heteroatoms.